The van der Waals surface area contributed by atoms with E-state index in [1.54, 1.807) is 0 Å². The predicted octanol–water partition coefficient (Wildman–Crippen LogP) is 6.47. The molecule has 2 aliphatic heterocycles. The second-order valence-electron chi connectivity index (χ2n) is 12.8. The number of hydrogen-bond donors (Lipinski definition) is 4. The Morgan fingerprint density at radius 1 is 0.625 bits per heavy atom. The fourth-order valence-corrected chi connectivity index (χ4v) is 6.15. The van der Waals surface area contributed by atoms with E-state index in [0.29, 0.717) is 15.8 Å². The summed E-state index contributed by atoms with van der Waals surface area (Å²) >= 11 is 6.38. The lowest BCUT2D eigenvalue weighted by molar-refractivity contribution is 0.145. The van der Waals surface area contributed by atoms with Gasteiger partial charge in [0, 0.05) is 34.2 Å². The van der Waals surface area contributed by atoms with Crippen LogP contribution in [0, 0.1) is 0 Å². The van der Waals surface area contributed by atoms with Gasteiger partial charge in [0.05, 0.1) is 3.74 Å². The lowest BCUT2D eigenvalue weighted by atomic mass is 9.79. The maximum Gasteiger partial charge on any atom is 0.0669 e. The summed E-state index contributed by atoms with van der Waals surface area (Å²) in [5.41, 5.74) is 0.956. The van der Waals surface area contributed by atoms with Gasteiger partial charge >= 0.3 is 0 Å². The van der Waals surface area contributed by atoms with Gasteiger partial charge in [-0.3, -0.25) is 0 Å². The second-order valence-corrected chi connectivity index (χ2v) is 16.8. The molecular weight excluding hydrogens is 528 g/mol. The first-order valence-corrected chi connectivity index (χ1v) is 14.7. The molecule has 2 heterocycles. The van der Waals surface area contributed by atoms with Gasteiger partial charge in [0.2, 0.25) is 0 Å². The van der Waals surface area contributed by atoms with Gasteiger partial charge in [-0.05, 0) is 114 Å². The molecule has 0 bridgehead atoms. The quantitative estimate of drug-likeness (QED) is 0.186. The molecule has 0 aromatic rings. The van der Waals surface area contributed by atoms with E-state index in [2.05, 4.69) is 109 Å². The highest BCUT2D eigenvalue weighted by molar-refractivity contribution is 9.24. The monoisotopic (exact) mass is 580 g/mol. The maximum atomic E-state index is 3.83. The molecule has 4 nitrogen and oxygen atoms in total. The normalized spacial score (nSPS) is 24.8. The Kier molecular flexibility index (Phi) is 12.7. The van der Waals surface area contributed by atoms with Crippen LogP contribution in [0.1, 0.15) is 114 Å². The van der Waals surface area contributed by atoms with Gasteiger partial charge in [-0.25, -0.2) is 0 Å². The molecule has 0 amide bonds. The molecule has 2 saturated heterocycles. The highest BCUT2D eigenvalue weighted by Crippen LogP contribution is 2.29. The Morgan fingerprint density at radius 2 is 0.875 bits per heavy atom. The van der Waals surface area contributed by atoms with Crippen molar-refractivity contribution in [2.75, 3.05) is 13.1 Å². The van der Waals surface area contributed by atoms with E-state index >= 15 is 0 Å². The molecule has 0 unspecified atom stereocenters. The molecule has 2 fully saturated rings. The molecule has 0 spiro atoms. The summed E-state index contributed by atoms with van der Waals surface area (Å²) in [5.74, 6) is 0. The minimum absolute atomic E-state index is 0.239. The molecule has 32 heavy (non-hydrogen) atoms. The van der Waals surface area contributed by atoms with Crippen LogP contribution < -0.4 is 21.3 Å². The summed E-state index contributed by atoms with van der Waals surface area (Å²) < 4.78 is 0.458. The Morgan fingerprint density at radius 3 is 1.12 bits per heavy atom. The summed E-state index contributed by atoms with van der Waals surface area (Å²) in [6.07, 6.45) is 10.2. The van der Waals surface area contributed by atoms with Crippen LogP contribution in [0.4, 0.5) is 0 Å². The van der Waals surface area contributed by atoms with E-state index in [1.165, 1.54) is 64.5 Å². The molecule has 192 valence electrons. The average Bonchev–Trinajstić information content (AvgIpc) is 2.51. The van der Waals surface area contributed by atoms with Gasteiger partial charge in [-0.15, -0.1) is 0 Å². The fraction of sp³-hybridized carbons (Fsp3) is 1.00. The molecule has 6 heteroatoms. The van der Waals surface area contributed by atoms with Crippen LogP contribution in [0.3, 0.4) is 0 Å². The van der Waals surface area contributed by atoms with Gasteiger partial charge in [-0.1, -0.05) is 44.7 Å². The van der Waals surface area contributed by atoms with Crippen LogP contribution in [0.25, 0.3) is 0 Å². The molecule has 0 aliphatic carbocycles. The molecule has 0 saturated carbocycles. The van der Waals surface area contributed by atoms with Crippen molar-refractivity contribution in [1.29, 1.82) is 0 Å². The topological polar surface area (TPSA) is 48.1 Å². The smallest absolute Gasteiger partial charge is 0.0669 e. The van der Waals surface area contributed by atoms with E-state index in [4.69, 9.17) is 0 Å². The summed E-state index contributed by atoms with van der Waals surface area (Å²) in [6.45, 7) is 23.0. The van der Waals surface area contributed by atoms with Crippen LogP contribution in [0.5, 0.6) is 0 Å². The first-order chi connectivity index (χ1) is 14.5. The number of piperidine rings is 2. The standard InChI is InChI=1S/C24H50N4.C2H4Br2/c1-21(2)15-19(16-22(3,4)27-21)25-13-11-9-10-12-14-26-20-17-23(5,6)28-24(7,8)18-20;1-2(3)4/h19-20,25-28H,9-18H2,1-8H3;2H,1H3. The average molecular weight is 583 g/mol. The number of hydrogen-bond acceptors (Lipinski definition) is 4. The third-order valence-corrected chi connectivity index (χ3v) is 6.35. The zero-order valence-corrected chi connectivity index (χ0v) is 25.7. The summed E-state index contributed by atoms with van der Waals surface area (Å²) in [5, 5.41) is 15.2. The van der Waals surface area contributed by atoms with Crippen molar-refractivity contribution in [1.82, 2.24) is 21.3 Å². The Bertz CT molecular complexity index is 453. The van der Waals surface area contributed by atoms with Crippen molar-refractivity contribution in [3.05, 3.63) is 0 Å². The van der Waals surface area contributed by atoms with Gasteiger partial charge in [0.1, 0.15) is 0 Å². The molecule has 4 N–H and O–H groups in total. The van der Waals surface area contributed by atoms with Gasteiger partial charge in [0.15, 0.2) is 0 Å². The van der Waals surface area contributed by atoms with Crippen molar-refractivity contribution >= 4 is 31.9 Å². The first kappa shape index (κ1) is 30.8. The lowest BCUT2D eigenvalue weighted by Crippen LogP contribution is -2.61. The molecule has 0 aromatic carbocycles. The van der Waals surface area contributed by atoms with E-state index in [-0.39, 0.29) is 22.2 Å². The number of alkyl halides is 2. The van der Waals surface area contributed by atoms with Crippen LogP contribution >= 0.6 is 31.9 Å². The SMILES string of the molecule is CC(Br)Br.CC1(C)CC(NCCCCCCNC2CC(C)(C)NC(C)(C)C2)CC(C)(C)N1. The second kappa shape index (κ2) is 13.2. The van der Waals surface area contributed by atoms with E-state index < -0.39 is 0 Å². The highest BCUT2D eigenvalue weighted by Gasteiger charge is 2.38. The predicted molar refractivity (Wildman–Crippen MR) is 150 cm³/mol. The zero-order valence-electron chi connectivity index (χ0n) is 22.6. The number of nitrogens with one attached hydrogen (secondary N) is 4. The van der Waals surface area contributed by atoms with Crippen molar-refractivity contribution in [2.24, 2.45) is 0 Å². The zero-order chi connectivity index (χ0) is 24.6. The Labute approximate surface area is 217 Å². The number of rotatable bonds is 9. The van der Waals surface area contributed by atoms with E-state index in [9.17, 15) is 0 Å². The fourth-order valence-electron chi connectivity index (χ4n) is 6.15. The lowest BCUT2D eigenvalue weighted by Gasteiger charge is -2.47. The van der Waals surface area contributed by atoms with Crippen LogP contribution in [0.2, 0.25) is 0 Å². The molecule has 0 aromatic heterocycles. The van der Waals surface area contributed by atoms with Crippen molar-refractivity contribution < 1.29 is 0 Å². The van der Waals surface area contributed by atoms with Crippen LogP contribution in [0.15, 0.2) is 0 Å². The Balaban J connectivity index is 0.00000118. The number of halogens is 2. The van der Waals surface area contributed by atoms with Crippen molar-refractivity contribution in [3.8, 4) is 0 Å². The highest BCUT2D eigenvalue weighted by atomic mass is 79.9. The summed E-state index contributed by atoms with van der Waals surface area (Å²) in [4.78, 5) is 0. The van der Waals surface area contributed by atoms with Crippen LogP contribution in [-0.2, 0) is 0 Å². The van der Waals surface area contributed by atoms with Gasteiger partial charge in [-0.2, -0.15) is 0 Å². The summed E-state index contributed by atoms with van der Waals surface area (Å²) in [6, 6.07) is 1.30. The minimum Gasteiger partial charge on any atom is -0.314 e. The third kappa shape index (κ3) is 14.3. The molecular formula is C26H54Br2N4. The largest absolute Gasteiger partial charge is 0.314 e. The van der Waals surface area contributed by atoms with Crippen molar-refractivity contribution in [2.45, 2.75) is 152 Å². The Hall–Kier alpha value is 0.800. The minimum atomic E-state index is 0.239. The molecule has 2 rings (SSSR count). The molecule has 0 radical (unpaired) electrons. The summed E-state index contributed by atoms with van der Waals surface area (Å²) in [7, 11) is 0. The van der Waals surface area contributed by atoms with Gasteiger partial charge < -0.3 is 21.3 Å². The molecule has 0 atom stereocenters. The number of unbranched alkanes of at least 4 members (excludes halogenated alkanes) is 3. The van der Waals surface area contributed by atoms with E-state index in [1.807, 2.05) is 6.92 Å². The van der Waals surface area contributed by atoms with Crippen molar-refractivity contribution in [3.63, 3.8) is 0 Å². The maximum absolute atomic E-state index is 3.83. The third-order valence-electron chi connectivity index (χ3n) is 6.35. The first-order valence-electron chi connectivity index (χ1n) is 12.8. The van der Waals surface area contributed by atoms with E-state index in [0.717, 1.165) is 0 Å². The van der Waals surface area contributed by atoms with Crippen LogP contribution in [-0.4, -0.2) is 51.1 Å². The molecule has 2 aliphatic rings. The van der Waals surface area contributed by atoms with Gasteiger partial charge in [0.25, 0.3) is 0 Å².